The molecule has 146 valence electrons. The van der Waals surface area contributed by atoms with E-state index in [4.69, 9.17) is 16.3 Å². The highest BCUT2D eigenvalue weighted by molar-refractivity contribution is 14.0. The summed E-state index contributed by atoms with van der Waals surface area (Å²) in [7, 11) is 0. The Balaban J connectivity index is 0.00000338. The Bertz CT molecular complexity index is 586. The largest absolute Gasteiger partial charge is 0.492 e. The van der Waals surface area contributed by atoms with Crippen LogP contribution in [-0.4, -0.2) is 56.1 Å². The molecule has 1 aromatic carbocycles. The molecule has 0 spiro atoms. The molecule has 1 aliphatic heterocycles. The monoisotopic (exact) mass is 494 g/mol. The number of nitrogens with zero attached hydrogens (tertiary/aromatic N) is 2. The first-order chi connectivity index (χ1) is 12.2. The Morgan fingerprint density at radius 1 is 1.38 bits per heavy atom. The van der Waals surface area contributed by atoms with Crippen molar-refractivity contribution >= 4 is 47.4 Å². The molecule has 0 aliphatic carbocycles. The van der Waals surface area contributed by atoms with Gasteiger partial charge in [0, 0.05) is 37.6 Å². The topological polar surface area (TPSA) is 66.0 Å². The van der Waals surface area contributed by atoms with Crippen molar-refractivity contribution in [3.63, 3.8) is 0 Å². The van der Waals surface area contributed by atoms with Gasteiger partial charge in [0.1, 0.15) is 12.4 Å². The van der Waals surface area contributed by atoms with E-state index in [1.807, 2.05) is 30.0 Å². The first-order valence-corrected chi connectivity index (χ1v) is 9.25. The van der Waals surface area contributed by atoms with E-state index in [0.29, 0.717) is 31.1 Å². The number of aliphatic imine (C=N–C) groups is 1. The number of benzene rings is 1. The van der Waals surface area contributed by atoms with Crippen LogP contribution in [0.4, 0.5) is 0 Å². The van der Waals surface area contributed by atoms with Gasteiger partial charge in [-0.15, -0.1) is 24.0 Å². The number of ether oxygens (including phenoxy) is 1. The molecule has 0 atom stereocenters. The van der Waals surface area contributed by atoms with Crippen LogP contribution < -0.4 is 15.4 Å². The van der Waals surface area contributed by atoms with Crippen molar-refractivity contribution in [3.05, 3.63) is 29.3 Å². The maximum atomic E-state index is 11.6. The number of rotatable bonds is 9. The number of halogens is 2. The van der Waals surface area contributed by atoms with Gasteiger partial charge < -0.3 is 20.3 Å². The molecule has 0 saturated carbocycles. The molecule has 2 N–H and O–H groups in total. The Hall–Kier alpha value is -1.22. The molecule has 0 aromatic heterocycles. The van der Waals surface area contributed by atoms with Crippen LogP contribution >= 0.6 is 35.6 Å². The highest BCUT2D eigenvalue weighted by atomic mass is 127. The second kappa shape index (κ2) is 13.0. The van der Waals surface area contributed by atoms with Gasteiger partial charge in [0.15, 0.2) is 5.96 Å². The number of likely N-dealkylation sites (tertiary alicyclic amines) is 1. The Labute approximate surface area is 177 Å². The van der Waals surface area contributed by atoms with E-state index in [1.54, 1.807) is 6.07 Å². The summed E-state index contributed by atoms with van der Waals surface area (Å²) in [6, 6.07) is 7.35. The van der Waals surface area contributed by atoms with Gasteiger partial charge in [-0.05, 0) is 38.0 Å². The van der Waals surface area contributed by atoms with Crippen molar-refractivity contribution in [2.24, 2.45) is 4.99 Å². The molecule has 1 heterocycles. The van der Waals surface area contributed by atoms with Crippen LogP contribution in [0.15, 0.2) is 29.3 Å². The maximum absolute atomic E-state index is 11.6. The Kier molecular flexibility index (Phi) is 11.4. The summed E-state index contributed by atoms with van der Waals surface area (Å²) in [5.41, 5.74) is 0. The average Bonchev–Trinajstić information content (AvgIpc) is 3.00. The lowest BCUT2D eigenvalue weighted by Crippen LogP contribution is -2.39. The van der Waals surface area contributed by atoms with Crippen molar-refractivity contribution < 1.29 is 9.53 Å². The van der Waals surface area contributed by atoms with Gasteiger partial charge in [-0.2, -0.15) is 0 Å². The number of carbonyl (C=O) groups is 1. The lowest BCUT2D eigenvalue weighted by atomic mass is 10.3. The third-order valence-corrected chi connectivity index (χ3v) is 4.07. The van der Waals surface area contributed by atoms with Gasteiger partial charge in [0.2, 0.25) is 5.91 Å². The average molecular weight is 495 g/mol. The van der Waals surface area contributed by atoms with E-state index in [1.165, 1.54) is 0 Å². The minimum Gasteiger partial charge on any atom is -0.492 e. The van der Waals surface area contributed by atoms with Crippen LogP contribution in [-0.2, 0) is 4.79 Å². The van der Waals surface area contributed by atoms with E-state index in [2.05, 4.69) is 15.6 Å². The predicted octanol–water partition coefficient (Wildman–Crippen LogP) is 2.90. The normalized spacial score (nSPS) is 14.2. The van der Waals surface area contributed by atoms with E-state index in [-0.39, 0.29) is 29.9 Å². The maximum Gasteiger partial charge on any atom is 0.222 e. The second-order valence-corrected chi connectivity index (χ2v) is 6.27. The van der Waals surface area contributed by atoms with Crippen LogP contribution in [0, 0.1) is 0 Å². The van der Waals surface area contributed by atoms with Crippen LogP contribution in [0.3, 0.4) is 0 Å². The molecule has 1 fully saturated rings. The van der Waals surface area contributed by atoms with Crippen LogP contribution in [0.1, 0.15) is 26.2 Å². The molecule has 6 nitrogen and oxygen atoms in total. The molecule has 1 aliphatic rings. The fraction of sp³-hybridized carbons (Fsp3) is 0.556. The number of amides is 1. The lowest BCUT2D eigenvalue weighted by molar-refractivity contribution is -0.127. The third-order valence-electron chi connectivity index (χ3n) is 3.83. The zero-order valence-electron chi connectivity index (χ0n) is 15.2. The first-order valence-electron chi connectivity index (χ1n) is 8.87. The molecule has 8 heteroatoms. The summed E-state index contributed by atoms with van der Waals surface area (Å²) in [6.45, 7) is 6.36. The molecular formula is C18H28ClIN4O2. The van der Waals surface area contributed by atoms with E-state index in [9.17, 15) is 4.79 Å². The smallest absolute Gasteiger partial charge is 0.222 e. The van der Waals surface area contributed by atoms with Crippen molar-refractivity contribution in [2.45, 2.75) is 26.2 Å². The fourth-order valence-corrected chi connectivity index (χ4v) is 2.81. The Morgan fingerprint density at radius 2 is 2.23 bits per heavy atom. The van der Waals surface area contributed by atoms with Crippen LogP contribution in [0.5, 0.6) is 5.75 Å². The molecule has 2 rings (SSSR count). The molecule has 1 saturated heterocycles. The summed E-state index contributed by atoms with van der Waals surface area (Å²) >= 11 is 5.93. The number of hydrogen-bond donors (Lipinski definition) is 2. The van der Waals surface area contributed by atoms with Gasteiger partial charge in [0.25, 0.3) is 0 Å². The summed E-state index contributed by atoms with van der Waals surface area (Å²) in [5.74, 6) is 1.80. The lowest BCUT2D eigenvalue weighted by Gasteiger charge is -2.15. The number of hydrogen-bond acceptors (Lipinski definition) is 3. The minimum absolute atomic E-state index is 0. The van der Waals surface area contributed by atoms with Crippen molar-refractivity contribution in [3.8, 4) is 5.75 Å². The van der Waals surface area contributed by atoms with Gasteiger partial charge in [0.05, 0.1) is 6.54 Å². The fourth-order valence-electron chi connectivity index (χ4n) is 2.63. The van der Waals surface area contributed by atoms with Crippen molar-refractivity contribution in [2.75, 3.05) is 39.3 Å². The molecule has 0 radical (unpaired) electrons. The zero-order chi connectivity index (χ0) is 17.9. The zero-order valence-corrected chi connectivity index (χ0v) is 18.3. The highest BCUT2D eigenvalue weighted by Crippen LogP contribution is 2.16. The minimum atomic E-state index is 0. The van der Waals surface area contributed by atoms with Gasteiger partial charge >= 0.3 is 0 Å². The molecular weight excluding hydrogens is 467 g/mol. The van der Waals surface area contributed by atoms with Gasteiger partial charge in [-0.25, -0.2) is 0 Å². The predicted molar refractivity (Wildman–Crippen MR) is 117 cm³/mol. The molecule has 1 aromatic rings. The SMILES string of the molecule is CCNC(=NCCCN1CCCC1=O)NCCOc1cccc(Cl)c1.I. The van der Waals surface area contributed by atoms with Crippen molar-refractivity contribution in [1.82, 2.24) is 15.5 Å². The summed E-state index contributed by atoms with van der Waals surface area (Å²) in [4.78, 5) is 18.0. The van der Waals surface area contributed by atoms with E-state index >= 15 is 0 Å². The molecule has 26 heavy (non-hydrogen) atoms. The summed E-state index contributed by atoms with van der Waals surface area (Å²) < 4.78 is 5.65. The highest BCUT2D eigenvalue weighted by Gasteiger charge is 2.18. The summed E-state index contributed by atoms with van der Waals surface area (Å²) in [6.07, 6.45) is 2.56. The molecule has 0 bridgehead atoms. The van der Waals surface area contributed by atoms with E-state index in [0.717, 1.165) is 44.2 Å². The second-order valence-electron chi connectivity index (χ2n) is 5.83. The number of guanidine groups is 1. The first kappa shape index (κ1) is 22.8. The quantitative estimate of drug-likeness (QED) is 0.240. The third kappa shape index (κ3) is 8.44. The van der Waals surface area contributed by atoms with Gasteiger partial charge in [-0.3, -0.25) is 9.79 Å². The molecule has 1 amide bonds. The van der Waals surface area contributed by atoms with Crippen molar-refractivity contribution in [1.29, 1.82) is 0 Å². The van der Waals surface area contributed by atoms with Crippen LogP contribution in [0.2, 0.25) is 5.02 Å². The van der Waals surface area contributed by atoms with E-state index < -0.39 is 0 Å². The standard InChI is InChI=1S/C18H27ClN4O2.HI/c1-2-20-18(21-9-5-12-23-11-4-8-17(23)24)22-10-13-25-16-7-3-6-15(19)14-16;/h3,6-7,14H,2,4-5,8-13H2,1H3,(H2,20,21,22);1H. The number of carbonyl (C=O) groups excluding carboxylic acids is 1. The van der Waals surface area contributed by atoms with Gasteiger partial charge in [-0.1, -0.05) is 17.7 Å². The van der Waals surface area contributed by atoms with Crippen LogP contribution in [0.25, 0.3) is 0 Å². The summed E-state index contributed by atoms with van der Waals surface area (Å²) in [5, 5.41) is 7.12. The molecule has 0 unspecified atom stereocenters. The number of nitrogens with one attached hydrogen (secondary N) is 2. The Morgan fingerprint density at radius 3 is 2.92 bits per heavy atom.